The molecule has 0 saturated carbocycles. The third-order valence-electron chi connectivity index (χ3n) is 3.91. The maximum absolute atomic E-state index is 12.0. The fourth-order valence-electron chi connectivity index (χ4n) is 2.44. The van der Waals surface area contributed by atoms with E-state index in [9.17, 15) is 4.79 Å². The minimum Gasteiger partial charge on any atom is -0.376 e. The molecule has 3 aromatic rings. The van der Waals surface area contributed by atoms with Crippen LogP contribution in [0.25, 0.3) is 10.8 Å². The highest BCUT2D eigenvalue weighted by molar-refractivity contribution is 9.11. The molecule has 132 valence electrons. The van der Waals surface area contributed by atoms with E-state index in [4.69, 9.17) is 0 Å². The highest BCUT2D eigenvalue weighted by Crippen LogP contribution is 2.25. The van der Waals surface area contributed by atoms with E-state index in [2.05, 4.69) is 53.8 Å². The largest absolute Gasteiger partial charge is 0.376 e. The Morgan fingerprint density at radius 3 is 2.46 bits per heavy atom. The van der Waals surface area contributed by atoms with E-state index in [1.54, 1.807) is 6.21 Å². The summed E-state index contributed by atoms with van der Waals surface area (Å²) in [6.45, 7) is 2.16. The number of carbonyl (C=O) groups excluding carboxylic acids is 1. The third kappa shape index (κ3) is 4.71. The first kappa shape index (κ1) is 18.6. The lowest BCUT2D eigenvalue weighted by Gasteiger charge is -2.07. The Labute approximate surface area is 168 Å². The fraction of sp³-hybridized carbons (Fsp3) is 0.100. The standard InChI is InChI=1S/C20H17Br2N3O/c1-13-18(21)8-14(9-19(13)22)11-24-25-20(26)12-23-17-7-6-15-4-2-3-5-16(15)10-17/h2-11,23H,12H2,1H3,(H,25,26)/b24-11+. The second-order valence-corrected chi connectivity index (χ2v) is 7.53. The van der Waals surface area contributed by atoms with Gasteiger partial charge in [-0.25, -0.2) is 5.43 Å². The van der Waals surface area contributed by atoms with Crippen LogP contribution in [0.2, 0.25) is 0 Å². The molecule has 0 fully saturated rings. The minimum absolute atomic E-state index is 0.150. The van der Waals surface area contributed by atoms with Gasteiger partial charge in [0.2, 0.25) is 0 Å². The monoisotopic (exact) mass is 473 g/mol. The van der Waals surface area contributed by atoms with Crippen molar-refractivity contribution in [1.29, 1.82) is 0 Å². The Kier molecular flexibility index (Phi) is 6.06. The number of hydrogen-bond donors (Lipinski definition) is 2. The van der Waals surface area contributed by atoms with Crippen LogP contribution in [0.5, 0.6) is 0 Å². The molecule has 3 rings (SSSR count). The van der Waals surface area contributed by atoms with Gasteiger partial charge < -0.3 is 5.32 Å². The number of nitrogens with one attached hydrogen (secondary N) is 2. The zero-order valence-electron chi connectivity index (χ0n) is 14.1. The third-order valence-corrected chi connectivity index (χ3v) is 5.56. The number of benzene rings is 3. The molecule has 0 spiro atoms. The fourth-order valence-corrected chi connectivity index (χ4v) is 3.66. The molecule has 1 amide bonds. The number of carbonyl (C=O) groups is 1. The smallest absolute Gasteiger partial charge is 0.259 e. The summed E-state index contributed by atoms with van der Waals surface area (Å²) in [6.07, 6.45) is 1.61. The summed E-state index contributed by atoms with van der Waals surface area (Å²) in [6, 6.07) is 18.0. The molecule has 2 N–H and O–H groups in total. The average molecular weight is 475 g/mol. The summed E-state index contributed by atoms with van der Waals surface area (Å²) in [5.74, 6) is -0.209. The van der Waals surface area contributed by atoms with Gasteiger partial charge in [0.25, 0.3) is 5.91 Å². The van der Waals surface area contributed by atoms with Crippen molar-refractivity contribution in [3.05, 3.63) is 74.7 Å². The van der Waals surface area contributed by atoms with Gasteiger partial charge in [-0.3, -0.25) is 4.79 Å². The molecule has 0 aliphatic heterocycles. The van der Waals surface area contributed by atoms with Crippen molar-refractivity contribution in [2.24, 2.45) is 5.10 Å². The Morgan fingerprint density at radius 2 is 1.73 bits per heavy atom. The van der Waals surface area contributed by atoms with Crippen molar-refractivity contribution in [1.82, 2.24) is 5.43 Å². The van der Waals surface area contributed by atoms with Gasteiger partial charge in [0.1, 0.15) is 0 Å². The predicted octanol–water partition coefficient (Wildman–Crippen LogP) is 5.24. The van der Waals surface area contributed by atoms with Crippen molar-refractivity contribution in [2.45, 2.75) is 6.92 Å². The number of anilines is 1. The second kappa shape index (κ2) is 8.47. The molecular formula is C20H17Br2N3O. The summed E-state index contributed by atoms with van der Waals surface area (Å²) in [7, 11) is 0. The van der Waals surface area contributed by atoms with E-state index < -0.39 is 0 Å². The zero-order chi connectivity index (χ0) is 18.5. The summed E-state index contributed by atoms with van der Waals surface area (Å²) in [5.41, 5.74) is 5.43. The molecule has 0 atom stereocenters. The average Bonchev–Trinajstić information content (AvgIpc) is 2.64. The molecule has 0 aliphatic carbocycles. The van der Waals surface area contributed by atoms with Crippen LogP contribution in [-0.2, 0) is 4.79 Å². The molecule has 26 heavy (non-hydrogen) atoms. The Morgan fingerprint density at radius 1 is 1.04 bits per heavy atom. The highest BCUT2D eigenvalue weighted by atomic mass is 79.9. The van der Waals surface area contributed by atoms with Crippen LogP contribution in [0.3, 0.4) is 0 Å². The molecule has 4 nitrogen and oxygen atoms in total. The van der Waals surface area contributed by atoms with Gasteiger partial charge in [0.05, 0.1) is 12.8 Å². The predicted molar refractivity (Wildman–Crippen MR) is 115 cm³/mol. The summed E-state index contributed by atoms with van der Waals surface area (Å²) in [4.78, 5) is 12.0. The number of halogens is 2. The van der Waals surface area contributed by atoms with E-state index in [1.165, 1.54) is 5.39 Å². The Bertz CT molecular complexity index is 963. The molecule has 0 unspecified atom stereocenters. The first-order valence-electron chi connectivity index (χ1n) is 8.03. The Balaban J connectivity index is 1.55. The molecule has 0 saturated heterocycles. The first-order valence-corrected chi connectivity index (χ1v) is 9.62. The Hall–Kier alpha value is -2.18. The SMILES string of the molecule is Cc1c(Br)cc(/C=N/NC(=O)CNc2ccc3ccccc3c2)cc1Br. The van der Waals surface area contributed by atoms with Gasteiger partial charge in [-0.05, 0) is 53.1 Å². The van der Waals surface area contributed by atoms with Crippen LogP contribution in [0.15, 0.2) is 68.6 Å². The van der Waals surface area contributed by atoms with E-state index >= 15 is 0 Å². The van der Waals surface area contributed by atoms with Crippen LogP contribution in [0.4, 0.5) is 5.69 Å². The van der Waals surface area contributed by atoms with Gasteiger partial charge in [0.15, 0.2) is 0 Å². The number of rotatable bonds is 5. The molecule has 0 bridgehead atoms. The molecule has 0 radical (unpaired) electrons. The lowest BCUT2D eigenvalue weighted by Crippen LogP contribution is -2.25. The summed E-state index contributed by atoms with van der Waals surface area (Å²) >= 11 is 6.99. The number of nitrogens with zero attached hydrogens (tertiary/aromatic N) is 1. The molecule has 0 heterocycles. The normalized spacial score (nSPS) is 11.0. The van der Waals surface area contributed by atoms with Gasteiger partial charge in [-0.2, -0.15) is 5.10 Å². The van der Waals surface area contributed by atoms with E-state index in [0.717, 1.165) is 31.1 Å². The van der Waals surface area contributed by atoms with Crippen molar-refractivity contribution in [2.75, 3.05) is 11.9 Å². The van der Waals surface area contributed by atoms with Crippen molar-refractivity contribution in [3.63, 3.8) is 0 Å². The van der Waals surface area contributed by atoms with Crippen molar-refractivity contribution in [3.8, 4) is 0 Å². The first-order chi connectivity index (χ1) is 12.5. The number of amides is 1. The van der Waals surface area contributed by atoms with Crippen molar-refractivity contribution >= 4 is 60.4 Å². The van der Waals surface area contributed by atoms with Crippen LogP contribution in [-0.4, -0.2) is 18.7 Å². The van der Waals surface area contributed by atoms with Crippen LogP contribution >= 0.6 is 31.9 Å². The van der Waals surface area contributed by atoms with Gasteiger partial charge in [-0.15, -0.1) is 0 Å². The second-order valence-electron chi connectivity index (χ2n) is 5.82. The molecule has 0 aromatic heterocycles. The van der Waals surface area contributed by atoms with Gasteiger partial charge >= 0.3 is 0 Å². The summed E-state index contributed by atoms with van der Waals surface area (Å²) in [5, 5.41) is 9.42. The number of hydrogen-bond acceptors (Lipinski definition) is 3. The quantitative estimate of drug-likeness (QED) is 0.392. The van der Waals surface area contributed by atoms with Gasteiger partial charge in [0, 0.05) is 14.6 Å². The van der Waals surface area contributed by atoms with Gasteiger partial charge in [-0.1, -0.05) is 62.2 Å². The van der Waals surface area contributed by atoms with E-state index in [1.807, 2.05) is 55.5 Å². The van der Waals surface area contributed by atoms with Crippen LogP contribution < -0.4 is 10.7 Å². The zero-order valence-corrected chi connectivity index (χ0v) is 17.3. The molecular weight excluding hydrogens is 458 g/mol. The molecule has 6 heteroatoms. The maximum atomic E-state index is 12.0. The van der Waals surface area contributed by atoms with Crippen molar-refractivity contribution < 1.29 is 4.79 Å². The molecule has 0 aliphatic rings. The lowest BCUT2D eigenvalue weighted by atomic mass is 10.1. The maximum Gasteiger partial charge on any atom is 0.259 e. The lowest BCUT2D eigenvalue weighted by molar-refractivity contribution is -0.119. The van der Waals surface area contributed by atoms with E-state index in [-0.39, 0.29) is 12.5 Å². The van der Waals surface area contributed by atoms with Crippen LogP contribution in [0, 0.1) is 6.92 Å². The van der Waals surface area contributed by atoms with Crippen LogP contribution in [0.1, 0.15) is 11.1 Å². The minimum atomic E-state index is -0.209. The summed E-state index contributed by atoms with van der Waals surface area (Å²) < 4.78 is 1.97. The van der Waals surface area contributed by atoms with E-state index in [0.29, 0.717) is 0 Å². The number of fused-ring (bicyclic) bond motifs is 1. The molecule has 3 aromatic carbocycles. The number of hydrazone groups is 1. The highest BCUT2D eigenvalue weighted by Gasteiger charge is 2.03. The topological polar surface area (TPSA) is 53.5 Å².